The van der Waals surface area contributed by atoms with Gasteiger partial charge in [0, 0.05) is 0 Å². The summed E-state index contributed by atoms with van der Waals surface area (Å²) < 4.78 is 51.3. The molecule has 0 aliphatic carbocycles. The van der Waals surface area contributed by atoms with Crippen molar-refractivity contribution in [3.8, 4) is 0 Å². The normalized spacial score (nSPS) is 27.5. The zero-order chi connectivity index (χ0) is 24.1. The van der Waals surface area contributed by atoms with Gasteiger partial charge in [0.25, 0.3) is 5.56 Å². The molecule has 19 nitrogen and oxygen atoms in total. The summed E-state index contributed by atoms with van der Waals surface area (Å²) in [5, 5.41) is 20.5. The van der Waals surface area contributed by atoms with Crippen molar-refractivity contribution < 1.29 is 66.5 Å². The van der Waals surface area contributed by atoms with Crippen molar-refractivity contribution in [2.45, 2.75) is 30.8 Å². The van der Waals surface area contributed by atoms with Crippen LogP contribution in [0.4, 0.5) is 0 Å². The van der Waals surface area contributed by atoms with Gasteiger partial charge in [-0.05, 0) is 0 Å². The molecule has 3 rings (SSSR count). The zero-order valence-corrected chi connectivity index (χ0v) is 17.7. The summed E-state index contributed by atoms with van der Waals surface area (Å²) in [5.74, 6) is 0. The molecule has 0 saturated carbocycles. The zero-order valence-electron chi connectivity index (χ0n) is 15.0. The van der Waals surface area contributed by atoms with Crippen LogP contribution in [0.3, 0.4) is 0 Å². The van der Waals surface area contributed by atoms with Gasteiger partial charge in [0.15, 0.2) is 17.4 Å². The minimum Gasteiger partial charge on any atom is -0.790 e. The molecule has 3 heterocycles. The number of aromatic nitrogens is 4. The molecule has 2 aromatic heterocycles. The van der Waals surface area contributed by atoms with E-state index in [1.165, 1.54) is 0 Å². The molecule has 2 unspecified atom stereocenters. The monoisotopic (exact) mass is 522 g/mol. The minimum atomic E-state index is -6.04. The number of rotatable bonds is 8. The van der Waals surface area contributed by atoms with Crippen molar-refractivity contribution in [2.75, 3.05) is 0 Å². The van der Waals surface area contributed by atoms with Crippen LogP contribution in [0.15, 0.2) is 17.4 Å². The number of H-pyrrole nitrogens is 1. The number of aliphatic hydroxyl groups is 2. The number of nitrogens with zero attached hydrogens (tertiary/aromatic N) is 3. The van der Waals surface area contributed by atoms with Gasteiger partial charge in [0.05, 0.1) is 20.5 Å². The Hall–Kier alpha value is -1.40. The largest absolute Gasteiger partial charge is 0.790 e. The number of ether oxygens (including phenoxy) is 1. The van der Waals surface area contributed by atoms with E-state index in [1.54, 1.807) is 0 Å². The summed E-state index contributed by atoms with van der Waals surface area (Å²) in [6.45, 7) is 0. The fourth-order valence-electron chi connectivity index (χ4n) is 2.74. The fourth-order valence-corrected chi connectivity index (χ4v) is 4.88. The Morgan fingerprint density at radius 2 is 1.78 bits per heavy atom. The third kappa shape index (κ3) is 5.74. The number of fused-ring (bicyclic) bond motifs is 1. The van der Waals surface area contributed by atoms with Crippen molar-refractivity contribution >= 4 is 34.6 Å². The smallest absolute Gasteiger partial charge is 0.483 e. The second kappa shape index (κ2) is 8.75. The van der Waals surface area contributed by atoms with Crippen molar-refractivity contribution in [3.63, 3.8) is 0 Å². The Labute approximate surface area is 175 Å². The first-order valence-electron chi connectivity index (χ1n) is 7.98. The summed E-state index contributed by atoms with van der Waals surface area (Å²) in [4.78, 5) is 70.3. The van der Waals surface area contributed by atoms with E-state index in [-0.39, 0.29) is 11.2 Å². The topological polar surface area (TPSA) is 299 Å². The molecule has 0 aromatic carbocycles. The summed E-state index contributed by atoms with van der Waals surface area (Å²) in [6.07, 6.45) is -8.93. The van der Waals surface area contributed by atoms with Crippen LogP contribution in [0.5, 0.6) is 0 Å². The molecule has 6 atom stereocenters. The van der Waals surface area contributed by atoms with E-state index in [9.17, 15) is 43.4 Å². The quantitative estimate of drug-likeness (QED) is 0.143. The summed E-state index contributed by atoms with van der Waals surface area (Å²) >= 11 is 0. The fraction of sp³-hybridized carbons (Fsp3) is 0.500. The van der Waals surface area contributed by atoms with Gasteiger partial charge >= 0.3 is 15.6 Å². The highest BCUT2D eigenvalue weighted by molar-refractivity contribution is 7.60. The highest BCUT2D eigenvalue weighted by atomic mass is 31.3. The van der Waals surface area contributed by atoms with Gasteiger partial charge in [-0.15, -0.1) is 0 Å². The first-order chi connectivity index (χ1) is 14.6. The van der Waals surface area contributed by atoms with Gasteiger partial charge in [0.2, 0.25) is 6.29 Å². The third-order valence-electron chi connectivity index (χ3n) is 3.86. The van der Waals surface area contributed by atoms with Crippen molar-refractivity contribution in [2.24, 2.45) is 0 Å². The van der Waals surface area contributed by atoms with E-state index in [2.05, 4.69) is 28.3 Å². The number of aromatic amines is 1. The molecule has 6 N–H and O–H groups in total. The molecule has 1 aliphatic rings. The molecule has 180 valence electrons. The molecule has 1 aliphatic heterocycles. The van der Waals surface area contributed by atoms with Gasteiger partial charge in [-0.2, -0.15) is 4.31 Å². The lowest BCUT2D eigenvalue weighted by molar-refractivity contribution is -0.354. The Morgan fingerprint density at radius 1 is 1.12 bits per heavy atom. The Balaban J connectivity index is 1.94. The number of phosphoric acid groups is 3. The predicted octanol–water partition coefficient (Wildman–Crippen LogP) is -3.86. The molecular formula is C10H13N4O15P3-2. The molecule has 0 radical (unpaired) electrons. The number of hydrogen-bond acceptors (Lipinski definition) is 14. The molecule has 0 amide bonds. The van der Waals surface area contributed by atoms with Crippen molar-refractivity contribution in [1.29, 1.82) is 0 Å². The molecule has 32 heavy (non-hydrogen) atoms. The van der Waals surface area contributed by atoms with Gasteiger partial charge in [-0.1, -0.05) is 0 Å². The van der Waals surface area contributed by atoms with Gasteiger partial charge < -0.3 is 53.5 Å². The van der Waals surface area contributed by atoms with Crippen LogP contribution in [-0.2, 0) is 31.8 Å². The van der Waals surface area contributed by atoms with Crippen LogP contribution in [0.1, 0.15) is 6.23 Å². The van der Waals surface area contributed by atoms with E-state index >= 15 is 0 Å². The van der Waals surface area contributed by atoms with Crippen LogP contribution in [-0.4, -0.2) is 69.0 Å². The maximum absolute atomic E-state index is 11.8. The lowest BCUT2D eigenvalue weighted by Crippen LogP contribution is -2.42. The Morgan fingerprint density at radius 3 is 2.38 bits per heavy atom. The molecule has 22 heteroatoms. The number of phosphoric ester groups is 2. The predicted molar refractivity (Wildman–Crippen MR) is 90.6 cm³/mol. The van der Waals surface area contributed by atoms with Crippen LogP contribution in [0.2, 0.25) is 0 Å². The average molecular weight is 522 g/mol. The number of aliphatic hydroxyl groups excluding tert-OH is 2. The van der Waals surface area contributed by atoms with Crippen LogP contribution in [0, 0.1) is 0 Å². The average Bonchev–Trinajstić information content (AvgIpc) is 3.14. The summed E-state index contributed by atoms with van der Waals surface area (Å²) in [6, 6.07) is 0. The van der Waals surface area contributed by atoms with Crippen LogP contribution in [0.25, 0.3) is 11.2 Å². The second-order valence-corrected chi connectivity index (χ2v) is 9.98. The standard InChI is InChI=1S/C10H15N4O15P3/c15-4-5(16)9(14-2-13-3-7(14)11-1-12-8(3)17)26-6(4)10(27-30(18,19)20)28-32(24,25)29-31(21,22)23/h1-2,4-6,9-10,15-16H,(H,24,25)(H,11,12,17)(H2,18,19,20)(H2,21,22,23)/p-2/t4-,5+,6-,9+,10?/m0/s1. The van der Waals surface area contributed by atoms with E-state index in [1.807, 2.05) is 0 Å². The van der Waals surface area contributed by atoms with Gasteiger partial charge in [-0.3, -0.25) is 13.9 Å². The Kier molecular flexibility index (Phi) is 6.90. The number of hydrogen-bond donors (Lipinski definition) is 6. The summed E-state index contributed by atoms with van der Waals surface area (Å²) in [5.41, 5.74) is -1.07. The van der Waals surface area contributed by atoms with Crippen LogP contribution < -0.4 is 15.3 Å². The molecule has 2 aromatic rings. The molecular weight excluding hydrogens is 509 g/mol. The maximum Gasteiger partial charge on any atom is 0.483 e. The molecule has 0 bridgehead atoms. The lowest BCUT2D eigenvalue weighted by Gasteiger charge is -2.36. The van der Waals surface area contributed by atoms with Gasteiger partial charge in [0.1, 0.15) is 18.3 Å². The first-order valence-corrected chi connectivity index (χ1v) is 12.5. The van der Waals surface area contributed by atoms with E-state index < -0.39 is 59.9 Å². The van der Waals surface area contributed by atoms with E-state index in [0.717, 1.165) is 17.2 Å². The second-order valence-electron chi connectivity index (χ2n) is 6.10. The number of imidazole rings is 1. The molecule has 1 fully saturated rings. The minimum absolute atomic E-state index is 0.167. The third-order valence-corrected chi connectivity index (χ3v) is 6.48. The van der Waals surface area contributed by atoms with Crippen molar-refractivity contribution in [1.82, 2.24) is 19.5 Å². The molecule has 0 spiro atoms. The highest BCUT2D eigenvalue weighted by Gasteiger charge is 2.51. The number of nitrogens with one attached hydrogen (secondary N) is 1. The first kappa shape index (κ1) is 25.2. The van der Waals surface area contributed by atoms with E-state index in [4.69, 9.17) is 14.5 Å². The summed E-state index contributed by atoms with van der Waals surface area (Å²) in [7, 11) is -17.5. The van der Waals surface area contributed by atoms with Gasteiger partial charge in [-0.25, -0.2) is 19.1 Å². The van der Waals surface area contributed by atoms with E-state index in [0.29, 0.717) is 0 Å². The Bertz CT molecular complexity index is 1190. The van der Waals surface area contributed by atoms with Crippen molar-refractivity contribution in [3.05, 3.63) is 23.0 Å². The SMILES string of the molecule is O=c1[nH]cnc2c1ncn2[C@@H]1O[C@H](C(OP(=O)([O-])[O-])OP(=O)(O)OP(=O)(O)O)[C@@H](O)[C@H]1O. The van der Waals surface area contributed by atoms with Crippen LogP contribution >= 0.6 is 23.5 Å². The maximum atomic E-state index is 11.8. The lowest BCUT2D eigenvalue weighted by atomic mass is 10.1. The molecule has 1 saturated heterocycles. The highest BCUT2D eigenvalue weighted by Crippen LogP contribution is 2.59.